The first-order valence-electron chi connectivity index (χ1n) is 5.36. The summed E-state index contributed by atoms with van der Waals surface area (Å²) in [5.74, 6) is 6.01. The van der Waals surface area contributed by atoms with Crippen molar-refractivity contribution in [3.8, 4) is 0 Å². The molecular formula is C8H14N8O2S. The van der Waals surface area contributed by atoms with Crippen molar-refractivity contribution in [1.82, 2.24) is 24.9 Å². The molecule has 0 atom stereocenters. The van der Waals surface area contributed by atoms with E-state index in [0.717, 1.165) is 6.26 Å². The number of sulfonamides is 1. The van der Waals surface area contributed by atoms with Gasteiger partial charge in [0.25, 0.3) is 0 Å². The molecule has 2 aromatic heterocycles. The Balaban J connectivity index is 2.09. The summed E-state index contributed by atoms with van der Waals surface area (Å²) in [5, 5.41) is 10.2. The van der Waals surface area contributed by atoms with Crippen molar-refractivity contribution in [2.75, 3.05) is 30.1 Å². The zero-order valence-corrected chi connectivity index (χ0v) is 11.0. The summed E-state index contributed by atoms with van der Waals surface area (Å²) in [6.07, 6.45) is 2.67. The molecule has 0 bridgehead atoms. The highest BCUT2D eigenvalue weighted by Gasteiger charge is 2.08. The lowest BCUT2D eigenvalue weighted by Crippen LogP contribution is -2.28. The molecule has 2 aromatic rings. The molecule has 2 rings (SSSR count). The van der Waals surface area contributed by atoms with E-state index in [2.05, 4.69) is 35.6 Å². The van der Waals surface area contributed by atoms with E-state index in [1.54, 1.807) is 6.20 Å². The van der Waals surface area contributed by atoms with E-state index in [1.807, 2.05) is 0 Å². The fourth-order valence-electron chi connectivity index (χ4n) is 1.45. The number of fused-ring (bicyclic) bond motifs is 1. The second-order valence-electron chi connectivity index (χ2n) is 3.77. The lowest BCUT2D eigenvalue weighted by molar-refractivity contribution is 0.589. The maximum absolute atomic E-state index is 10.9. The van der Waals surface area contributed by atoms with Gasteiger partial charge in [-0.2, -0.15) is 15.1 Å². The third kappa shape index (κ3) is 3.49. The molecule has 2 heterocycles. The van der Waals surface area contributed by atoms with Crippen molar-refractivity contribution in [3.05, 3.63) is 6.20 Å². The minimum absolute atomic E-state index is 0.232. The van der Waals surface area contributed by atoms with Crippen LogP contribution in [0.25, 0.3) is 11.0 Å². The standard InChI is InChI=1S/C8H14N8O2S/c1-19(17,18)12-3-2-10-6-5-4-11-16-7(5)14-8(13-6)15-9/h4,12H,2-3,9H2,1H3,(H3,10,11,13,14,15,16). The van der Waals surface area contributed by atoms with Gasteiger partial charge in [-0.05, 0) is 0 Å². The van der Waals surface area contributed by atoms with E-state index in [-0.39, 0.29) is 12.5 Å². The van der Waals surface area contributed by atoms with Gasteiger partial charge in [0, 0.05) is 13.1 Å². The lowest BCUT2D eigenvalue weighted by Gasteiger charge is -2.08. The van der Waals surface area contributed by atoms with Crippen LogP contribution < -0.4 is 21.3 Å². The molecule has 0 aliphatic heterocycles. The smallest absolute Gasteiger partial charge is 0.241 e. The number of hydrazine groups is 1. The van der Waals surface area contributed by atoms with Crippen molar-refractivity contribution >= 4 is 32.8 Å². The monoisotopic (exact) mass is 286 g/mol. The molecule has 0 radical (unpaired) electrons. The number of rotatable bonds is 6. The van der Waals surface area contributed by atoms with Gasteiger partial charge in [-0.15, -0.1) is 0 Å². The molecule has 0 unspecified atom stereocenters. The van der Waals surface area contributed by atoms with E-state index >= 15 is 0 Å². The topological polar surface area (TPSA) is 151 Å². The molecule has 11 heteroatoms. The van der Waals surface area contributed by atoms with Crippen molar-refractivity contribution < 1.29 is 8.42 Å². The normalized spacial score (nSPS) is 11.7. The zero-order valence-electron chi connectivity index (χ0n) is 10.1. The SMILES string of the molecule is CS(=O)(=O)NCCNc1nc(NN)nc2[nH]ncc12. The van der Waals surface area contributed by atoms with Gasteiger partial charge in [-0.3, -0.25) is 10.5 Å². The summed E-state index contributed by atoms with van der Waals surface area (Å²) in [5.41, 5.74) is 2.87. The predicted molar refractivity (Wildman–Crippen MR) is 70.8 cm³/mol. The van der Waals surface area contributed by atoms with Crippen molar-refractivity contribution in [2.45, 2.75) is 0 Å². The number of nitrogen functional groups attached to an aromatic ring is 1. The Bertz CT molecular complexity index is 666. The van der Waals surface area contributed by atoms with Crippen LogP contribution in [0.15, 0.2) is 6.20 Å². The average Bonchev–Trinajstić information content (AvgIpc) is 2.81. The molecule has 0 fully saturated rings. The highest BCUT2D eigenvalue weighted by atomic mass is 32.2. The van der Waals surface area contributed by atoms with Crippen LogP contribution in [0.1, 0.15) is 0 Å². The van der Waals surface area contributed by atoms with Crippen LogP contribution in [0.4, 0.5) is 11.8 Å². The summed E-state index contributed by atoms with van der Waals surface area (Å²) in [6.45, 7) is 0.613. The molecule has 6 N–H and O–H groups in total. The van der Waals surface area contributed by atoms with Gasteiger partial charge in [0.05, 0.1) is 17.8 Å². The van der Waals surface area contributed by atoms with Gasteiger partial charge in [-0.1, -0.05) is 0 Å². The fourth-order valence-corrected chi connectivity index (χ4v) is 1.92. The number of nitrogens with one attached hydrogen (secondary N) is 4. The number of aromatic amines is 1. The molecule has 0 saturated heterocycles. The van der Waals surface area contributed by atoms with Crippen LogP contribution in [0.3, 0.4) is 0 Å². The maximum atomic E-state index is 10.9. The number of nitrogens with zero attached hydrogens (tertiary/aromatic N) is 3. The Labute approximate surface area is 109 Å². The number of anilines is 2. The first-order valence-corrected chi connectivity index (χ1v) is 7.25. The van der Waals surface area contributed by atoms with Crippen molar-refractivity contribution in [2.24, 2.45) is 5.84 Å². The summed E-state index contributed by atoms with van der Waals surface area (Å²) >= 11 is 0. The molecule has 10 nitrogen and oxygen atoms in total. The second kappa shape index (κ2) is 5.34. The van der Waals surface area contributed by atoms with E-state index < -0.39 is 10.0 Å². The van der Waals surface area contributed by atoms with Crippen LogP contribution >= 0.6 is 0 Å². The molecule has 104 valence electrons. The van der Waals surface area contributed by atoms with Gasteiger partial charge in [0.2, 0.25) is 16.0 Å². The van der Waals surface area contributed by atoms with Crippen LogP contribution in [-0.4, -0.2) is 47.9 Å². The lowest BCUT2D eigenvalue weighted by atomic mass is 10.4. The number of H-pyrrole nitrogens is 1. The highest BCUT2D eigenvalue weighted by Crippen LogP contribution is 2.18. The third-order valence-corrected chi connectivity index (χ3v) is 2.95. The third-order valence-electron chi connectivity index (χ3n) is 2.22. The first-order chi connectivity index (χ1) is 8.99. The Morgan fingerprint density at radius 1 is 1.37 bits per heavy atom. The zero-order chi connectivity index (χ0) is 13.9. The van der Waals surface area contributed by atoms with Gasteiger partial charge in [-0.25, -0.2) is 19.0 Å². The Morgan fingerprint density at radius 2 is 2.16 bits per heavy atom. The minimum Gasteiger partial charge on any atom is -0.368 e. The van der Waals surface area contributed by atoms with E-state index in [9.17, 15) is 8.42 Å². The molecule has 0 aromatic carbocycles. The molecule has 0 saturated carbocycles. The van der Waals surface area contributed by atoms with Crippen molar-refractivity contribution in [3.63, 3.8) is 0 Å². The Kier molecular flexibility index (Phi) is 3.78. The summed E-state index contributed by atoms with van der Waals surface area (Å²) in [4.78, 5) is 8.20. The van der Waals surface area contributed by atoms with Crippen LogP contribution in [0.2, 0.25) is 0 Å². The Morgan fingerprint density at radius 3 is 2.84 bits per heavy atom. The summed E-state index contributed by atoms with van der Waals surface area (Å²) in [6, 6.07) is 0. The average molecular weight is 286 g/mol. The van der Waals surface area contributed by atoms with Gasteiger partial charge >= 0.3 is 0 Å². The molecular weight excluding hydrogens is 272 g/mol. The largest absolute Gasteiger partial charge is 0.368 e. The molecule has 0 aliphatic rings. The second-order valence-corrected chi connectivity index (χ2v) is 5.60. The molecule has 0 amide bonds. The number of nitrogens with two attached hydrogens (primary N) is 1. The molecule has 19 heavy (non-hydrogen) atoms. The van der Waals surface area contributed by atoms with Gasteiger partial charge in [0.15, 0.2) is 5.65 Å². The first kappa shape index (κ1) is 13.5. The number of hydrogen-bond acceptors (Lipinski definition) is 8. The van der Waals surface area contributed by atoms with E-state index in [4.69, 9.17) is 5.84 Å². The van der Waals surface area contributed by atoms with E-state index in [0.29, 0.717) is 23.4 Å². The molecule has 0 aliphatic carbocycles. The fraction of sp³-hybridized carbons (Fsp3) is 0.375. The summed E-state index contributed by atoms with van der Waals surface area (Å²) < 4.78 is 24.2. The number of aromatic nitrogens is 4. The number of hydrogen-bond donors (Lipinski definition) is 5. The molecule has 0 spiro atoms. The van der Waals surface area contributed by atoms with Gasteiger partial charge in [0.1, 0.15) is 5.82 Å². The van der Waals surface area contributed by atoms with Gasteiger partial charge < -0.3 is 5.32 Å². The summed E-state index contributed by atoms with van der Waals surface area (Å²) in [7, 11) is -3.20. The maximum Gasteiger partial charge on any atom is 0.241 e. The highest BCUT2D eigenvalue weighted by molar-refractivity contribution is 7.88. The van der Waals surface area contributed by atoms with Crippen LogP contribution in [-0.2, 0) is 10.0 Å². The quantitative estimate of drug-likeness (QED) is 0.247. The van der Waals surface area contributed by atoms with Crippen molar-refractivity contribution in [1.29, 1.82) is 0 Å². The van der Waals surface area contributed by atoms with Crippen LogP contribution in [0, 0.1) is 0 Å². The van der Waals surface area contributed by atoms with E-state index in [1.165, 1.54) is 0 Å². The Hall–Kier alpha value is -1.98. The minimum atomic E-state index is -3.20. The predicted octanol–water partition coefficient (Wildman–Crippen LogP) is -1.40. The van der Waals surface area contributed by atoms with Crippen LogP contribution in [0.5, 0.6) is 0 Å².